The van der Waals surface area contributed by atoms with Gasteiger partial charge in [-0.25, -0.2) is 9.18 Å². The first-order valence-corrected chi connectivity index (χ1v) is 7.95. The van der Waals surface area contributed by atoms with E-state index >= 15 is 0 Å². The second-order valence-corrected chi connectivity index (χ2v) is 6.54. The normalized spacial score (nSPS) is 10.5. The third kappa shape index (κ3) is 3.71. The number of nitrogens with one attached hydrogen (secondary N) is 1. The lowest BCUT2D eigenvalue weighted by atomic mass is 10.1. The van der Waals surface area contributed by atoms with Crippen LogP contribution < -0.4 is 5.32 Å². The predicted molar refractivity (Wildman–Crippen MR) is 88.9 cm³/mol. The molecule has 1 aromatic heterocycles. The first-order chi connectivity index (χ1) is 10.8. The van der Waals surface area contributed by atoms with Crippen LogP contribution in [0.3, 0.4) is 0 Å². The standard InChI is InChI=1S/C16H15ClFNO3S/c1-8-9(2)23-15(14(8)16(21)22-3)19-13(20)7-10-11(17)5-4-6-12(10)18/h4-6H,7H2,1-3H3,(H,19,20). The molecule has 2 aromatic rings. The third-order valence-corrected chi connectivity index (χ3v) is 4.90. The van der Waals surface area contributed by atoms with Gasteiger partial charge in [-0.3, -0.25) is 4.79 Å². The van der Waals surface area contributed by atoms with E-state index < -0.39 is 17.7 Å². The van der Waals surface area contributed by atoms with Gasteiger partial charge in [-0.15, -0.1) is 11.3 Å². The Labute approximate surface area is 142 Å². The van der Waals surface area contributed by atoms with Crippen molar-refractivity contribution in [2.75, 3.05) is 12.4 Å². The number of carbonyl (C=O) groups is 2. The van der Waals surface area contributed by atoms with Gasteiger partial charge in [-0.1, -0.05) is 17.7 Å². The highest BCUT2D eigenvalue weighted by molar-refractivity contribution is 7.16. The number of benzene rings is 1. The molecular formula is C16H15ClFNO3S. The zero-order valence-corrected chi connectivity index (χ0v) is 14.4. The number of rotatable bonds is 4. The van der Waals surface area contributed by atoms with Crippen molar-refractivity contribution < 1.29 is 18.7 Å². The van der Waals surface area contributed by atoms with Gasteiger partial charge < -0.3 is 10.1 Å². The number of halogens is 2. The number of aryl methyl sites for hydroxylation is 1. The number of thiophene rings is 1. The maximum absolute atomic E-state index is 13.7. The van der Waals surface area contributed by atoms with E-state index in [1.54, 1.807) is 6.92 Å². The molecule has 0 saturated heterocycles. The van der Waals surface area contributed by atoms with Gasteiger partial charge in [0.2, 0.25) is 5.91 Å². The van der Waals surface area contributed by atoms with Gasteiger partial charge in [-0.05, 0) is 31.5 Å². The zero-order chi connectivity index (χ0) is 17.1. The van der Waals surface area contributed by atoms with Gasteiger partial charge in [0.05, 0.1) is 19.1 Å². The smallest absolute Gasteiger partial charge is 0.341 e. The van der Waals surface area contributed by atoms with Crippen LogP contribution in [0.5, 0.6) is 0 Å². The molecule has 0 fully saturated rings. The molecule has 0 unspecified atom stereocenters. The van der Waals surface area contributed by atoms with Crippen molar-refractivity contribution >= 4 is 39.8 Å². The predicted octanol–water partition coefficient (Wildman–Crippen LogP) is 4.13. The second-order valence-electron chi connectivity index (χ2n) is 4.90. The molecular weight excluding hydrogens is 341 g/mol. The first-order valence-electron chi connectivity index (χ1n) is 6.76. The second kappa shape index (κ2) is 7.10. The molecule has 1 amide bonds. The van der Waals surface area contributed by atoms with E-state index in [-0.39, 0.29) is 17.0 Å². The minimum absolute atomic E-state index is 0.122. The molecule has 0 radical (unpaired) electrons. The van der Waals surface area contributed by atoms with E-state index in [9.17, 15) is 14.0 Å². The highest BCUT2D eigenvalue weighted by Crippen LogP contribution is 2.33. The van der Waals surface area contributed by atoms with Crippen LogP contribution in [0.15, 0.2) is 18.2 Å². The summed E-state index contributed by atoms with van der Waals surface area (Å²) in [6.07, 6.45) is -0.220. The van der Waals surface area contributed by atoms with Crippen molar-refractivity contribution in [1.29, 1.82) is 0 Å². The number of esters is 1. The molecule has 2 rings (SSSR count). The summed E-state index contributed by atoms with van der Waals surface area (Å²) >= 11 is 7.19. The highest BCUT2D eigenvalue weighted by Gasteiger charge is 2.22. The molecule has 0 aliphatic heterocycles. The van der Waals surface area contributed by atoms with Crippen molar-refractivity contribution in [1.82, 2.24) is 0 Å². The lowest BCUT2D eigenvalue weighted by Crippen LogP contribution is -2.17. The van der Waals surface area contributed by atoms with Gasteiger partial charge in [0, 0.05) is 15.5 Å². The monoisotopic (exact) mass is 355 g/mol. The van der Waals surface area contributed by atoms with Crippen molar-refractivity contribution in [3.05, 3.63) is 50.6 Å². The maximum Gasteiger partial charge on any atom is 0.341 e. The summed E-state index contributed by atoms with van der Waals surface area (Å²) in [5, 5.41) is 3.22. The van der Waals surface area contributed by atoms with Crippen molar-refractivity contribution in [2.45, 2.75) is 20.3 Å². The van der Waals surface area contributed by atoms with Crippen molar-refractivity contribution in [3.63, 3.8) is 0 Å². The Kier molecular flexibility index (Phi) is 5.38. The van der Waals surface area contributed by atoms with Crippen LogP contribution in [-0.2, 0) is 16.0 Å². The van der Waals surface area contributed by atoms with Crippen LogP contribution in [0.4, 0.5) is 9.39 Å². The summed E-state index contributed by atoms with van der Waals surface area (Å²) in [6.45, 7) is 3.62. The molecule has 0 bridgehead atoms. The molecule has 0 aliphatic carbocycles. The summed E-state index contributed by atoms with van der Waals surface area (Å²) < 4.78 is 18.5. The Morgan fingerprint density at radius 1 is 1.35 bits per heavy atom. The van der Waals surface area contributed by atoms with E-state index in [1.807, 2.05) is 6.92 Å². The van der Waals surface area contributed by atoms with E-state index in [2.05, 4.69) is 5.32 Å². The number of amides is 1. The van der Waals surface area contributed by atoms with Gasteiger partial charge in [0.25, 0.3) is 0 Å². The Bertz CT molecular complexity index is 753. The Morgan fingerprint density at radius 2 is 2.04 bits per heavy atom. The van der Waals surface area contributed by atoms with Gasteiger partial charge in [-0.2, -0.15) is 0 Å². The molecule has 7 heteroatoms. The zero-order valence-electron chi connectivity index (χ0n) is 12.8. The fraction of sp³-hybridized carbons (Fsp3) is 0.250. The Balaban J connectivity index is 2.24. The molecule has 1 N–H and O–H groups in total. The van der Waals surface area contributed by atoms with E-state index in [0.717, 1.165) is 10.4 Å². The number of anilines is 1. The topological polar surface area (TPSA) is 55.4 Å². The van der Waals surface area contributed by atoms with Crippen molar-refractivity contribution in [2.24, 2.45) is 0 Å². The molecule has 0 atom stereocenters. The minimum atomic E-state index is -0.542. The number of methoxy groups -OCH3 is 1. The molecule has 0 aliphatic rings. The molecule has 0 saturated carbocycles. The van der Waals surface area contributed by atoms with Crippen LogP contribution in [0.25, 0.3) is 0 Å². The van der Waals surface area contributed by atoms with E-state index in [1.165, 1.54) is 36.6 Å². The lowest BCUT2D eigenvalue weighted by molar-refractivity contribution is -0.115. The van der Waals surface area contributed by atoms with Gasteiger partial charge in [0.1, 0.15) is 10.8 Å². The van der Waals surface area contributed by atoms with E-state index in [4.69, 9.17) is 16.3 Å². The first kappa shape index (κ1) is 17.4. The highest BCUT2D eigenvalue weighted by atomic mass is 35.5. The molecule has 23 heavy (non-hydrogen) atoms. The number of ether oxygens (including phenoxy) is 1. The van der Waals surface area contributed by atoms with Crippen LogP contribution in [-0.4, -0.2) is 19.0 Å². The Morgan fingerprint density at radius 3 is 2.65 bits per heavy atom. The summed E-state index contributed by atoms with van der Waals surface area (Å²) in [4.78, 5) is 24.9. The summed E-state index contributed by atoms with van der Waals surface area (Å²) in [5.41, 5.74) is 1.19. The quantitative estimate of drug-likeness (QED) is 0.839. The summed E-state index contributed by atoms with van der Waals surface area (Å²) in [6, 6.07) is 4.24. The lowest BCUT2D eigenvalue weighted by Gasteiger charge is -2.08. The number of hydrogen-bond donors (Lipinski definition) is 1. The molecule has 1 heterocycles. The number of hydrogen-bond acceptors (Lipinski definition) is 4. The SMILES string of the molecule is COC(=O)c1c(NC(=O)Cc2c(F)cccc2Cl)sc(C)c1C. The van der Waals surface area contributed by atoms with Crippen LogP contribution in [0, 0.1) is 19.7 Å². The average Bonchev–Trinajstić information content (AvgIpc) is 2.77. The summed E-state index contributed by atoms with van der Waals surface area (Å²) in [5.74, 6) is -1.52. The number of carbonyl (C=O) groups excluding carboxylic acids is 2. The largest absolute Gasteiger partial charge is 0.465 e. The molecule has 1 aromatic carbocycles. The fourth-order valence-electron chi connectivity index (χ4n) is 2.10. The van der Waals surface area contributed by atoms with Crippen LogP contribution >= 0.6 is 22.9 Å². The van der Waals surface area contributed by atoms with Crippen LogP contribution in [0.1, 0.15) is 26.4 Å². The minimum Gasteiger partial charge on any atom is -0.465 e. The van der Waals surface area contributed by atoms with Gasteiger partial charge >= 0.3 is 5.97 Å². The Hall–Kier alpha value is -1.92. The maximum atomic E-state index is 13.7. The summed E-state index contributed by atoms with van der Waals surface area (Å²) in [7, 11) is 1.28. The van der Waals surface area contributed by atoms with Gasteiger partial charge in [0.15, 0.2) is 0 Å². The van der Waals surface area contributed by atoms with Crippen LogP contribution in [0.2, 0.25) is 5.02 Å². The molecule has 0 spiro atoms. The third-order valence-electron chi connectivity index (χ3n) is 3.43. The van der Waals surface area contributed by atoms with E-state index in [0.29, 0.717) is 10.6 Å². The molecule has 122 valence electrons. The average molecular weight is 356 g/mol. The fourth-order valence-corrected chi connectivity index (χ4v) is 3.39. The molecule has 4 nitrogen and oxygen atoms in total. The van der Waals surface area contributed by atoms with Crippen molar-refractivity contribution in [3.8, 4) is 0 Å².